The summed E-state index contributed by atoms with van der Waals surface area (Å²) < 4.78 is 6.04. The zero-order chi connectivity index (χ0) is 12.8. The van der Waals surface area contributed by atoms with Gasteiger partial charge in [-0.25, -0.2) is 0 Å². The molecule has 0 bridgehead atoms. The van der Waals surface area contributed by atoms with E-state index in [0.717, 1.165) is 19.3 Å². The van der Waals surface area contributed by atoms with E-state index in [9.17, 15) is 0 Å². The average Bonchev–Trinajstić information content (AvgIpc) is 2.88. The lowest BCUT2D eigenvalue weighted by Gasteiger charge is -2.21. The highest BCUT2D eigenvalue weighted by molar-refractivity contribution is 5.26. The Labute approximate surface area is 110 Å². The monoisotopic (exact) mass is 242 g/mol. The molecule has 1 aromatic carbocycles. The maximum atomic E-state index is 6.04. The highest BCUT2D eigenvalue weighted by Crippen LogP contribution is 2.27. The molecule has 1 atom stereocenters. The summed E-state index contributed by atoms with van der Waals surface area (Å²) in [6.07, 6.45) is 10.5. The molecule has 1 aliphatic carbocycles. The number of ether oxygens (including phenoxy) is 1. The second kappa shape index (κ2) is 6.55. The highest BCUT2D eigenvalue weighted by Gasteiger charge is 2.14. The van der Waals surface area contributed by atoms with Crippen molar-refractivity contribution >= 4 is 0 Å². The Morgan fingerprint density at radius 2 is 1.94 bits per heavy atom. The molecule has 1 nitrogen and oxygen atoms in total. The van der Waals surface area contributed by atoms with Crippen molar-refractivity contribution in [2.24, 2.45) is 0 Å². The van der Waals surface area contributed by atoms with E-state index in [1.165, 1.54) is 11.1 Å². The lowest BCUT2D eigenvalue weighted by Crippen LogP contribution is -2.10. The average molecular weight is 242 g/mol. The fraction of sp³-hybridized carbons (Fsp3) is 0.412. The van der Waals surface area contributed by atoms with E-state index in [2.05, 4.69) is 62.4 Å². The predicted molar refractivity (Wildman–Crippen MR) is 76.5 cm³/mol. The van der Waals surface area contributed by atoms with Gasteiger partial charge in [0.15, 0.2) is 0 Å². The lowest BCUT2D eigenvalue weighted by molar-refractivity contribution is 0.00202. The summed E-state index contributed by atoms with van der Waals surface area (Å²) >= 11 is 0. The number of benzene rings is 1. The predicted octanol–water partition coefficient (Wildman–Crippen LogP) is 4.82. The number of hydrogen-bond donors (Lipinski definition) is 0. The largest absolute Gasteiger partial charge is 0.371 e. The summed E-state index contributed by atoms with van der Waals surface area (Å²) in [7, 11) is 0. The van der Waals surface area contributed by atoms with Gasteiger partial charge in [0.1, 0.15) is 0 Å². The van der Waals surface area contributed by atoms with Gasteiger partial charge in [0, 0.05) is 0 Å². The van der Waals surface area contributed by atoms with E-state index in [-0.39, 0.29) is 12.2 Å². The molecule has 0 saturated heterocycles. The molecule has 0 aromatic heterocycles. The molecule has 96 valence electrons. The number of rotatable bonds is 6. The van der Waals surface area contributed by atoms with Crippen LogP contribution in [-0.4, -0.2) is 6.10 Å². The summed E-state index contributed by atoms with van der Waals surface area (Å²) in [4.78, 5) is 0. The van der Waals surface area contributed by atoms with E-state index in [4.69, 9.17) is 4.74 Å². The van der Waals surface area contributed by atoms with Crippen molar-refractivity contribution in [2.75, 3.05) is 0 Å². The second-order valence-electron chi connectivity index (χ2n) is 5.04. The maximum absolute atomic E-state index is 6.04. The Hall–Kier alpha value is -1.34. The smallest absolute Gasteiger partial charge is 0.0831 e. The van der Waals surface area contributed by atoms with Gasteiger partial charge >= 0.3 is 0 Å². The van der Waals surface area contributed by atoms with Crippen molar-refractivity contribution in [3.8, 4) is 0 Å². The highest BCUT2D eigenvalue weighted by atomic mass is 16.5. The minimum atomic E-state index is 0.209. The molecule has 1 aromatic rings. The van der Waals surface area contributed by atoms with Crippen LogP contribution in [0.25, 0.3) is 0 Å². The molecule has 0 saturated carbocycles. The van der Waals surface area contributed by atoms with Crippen LogP contribution in [0.1, 0.15) is 44.8 Å². The van der Waals surface area contributed by atoms with E-state index in [1.807, 2.05) is 0 Å². The molecular weight excluding hydrogens is 220 g/mol. The van der Waals surface area contributed by atoms with Crippen LogP contribution in [-0.2, 0) is 4.74 Å². The van der Waals surface area contributed by atoms with Gasteiger partial charge in [0.25, 0.3) is 0 Å². The minimum Gasteiger partial charge on any atom is -0.371 e. The standard InChI is InChI=1S/C17H22O/c1-14(2)18-17(16-10-4-3-5-11-16)13-12-15-8-6-7-9-15/h3-6,8-11,14,17H,7,12-13H2,1-2H3. The second-order valence-corrected chi connectivity index (χ2v) is 5.04. The van der Waals surface area contributed by atoms with Gasteiger partial charge in [-0.2, -0.15) is 0 Å². The molecule has 0 fully saturated rings. The molecule has 0 N–H and O–H groups in total. The number of allylic oxidation sites excluding steroid dienone is 4. The van der Waals surface area contributed by atoms with Gasteiger partial charge in [-0.15, -0.1) is 0 Å². The molecule has 18 heavy (non-hydrogen) atoms. The summed E-state index contributed by atoms with van der Waals surface area (Å²) in [5.41, 5.74) is 2.73. The number of hydrogen-bond acceptors (Lipinski definition) is 1. The first-order valence-electron chi connectivity index (χ1n) is 6.81. The molecule has 0 aliphatic heterocycles. The molecule has 0 radical (unpaired) electrons. The molecule has 0 spiro atoms. The third-order valence-electron chi connectivity index (χ3n) is 3.15. The zero-order valence-electron chi connectivity index (χ0n) is 11.3. The van der Waals surface area contributed by atoms with Gasteiger partial charge < -0.3 is 4.74 Å². The van der Waals surface area contributed by atoms with Crippen LogP contribution in [0.15, 0.2) is 54.1 Å². The van der Waals surface area contributed by atoms with Gasteiger partial charge in [-0.1, -0.05) is 54.1 Å². The van der Waals surface area contributed by atoms with Crippen molar-refractivity contribution in [2.45, 2.75) is 45.3 Å². The molecular formula is C17H22O. The van der Waals surface area contributed by atoms with Crippen LogP contribution >= 0.6 is 0 Å². The van der Waals surface area contributed by atoms with Crippen molar-refractivity contribution < 1.29 is 4.74 Å². The Balaban J connectivity index is 1.98. The Kier molecular flexibility index (Phi) is 4.77. The summed E-state index contributed by atoms with van der Waals surface area (Å²) in [6, 6.07) is 10.5. The summed E-state index contributed by atoms with van der Waals surface area (Å²) in [5, 5.41) is 0. The van der Waals surface area contributed by atoms with Crippen molar-refractivity contribution in [1.29, 1.82) is 0 Å². The fourth-order valence-corrected chi connectivity index (χ4v) is 2.30. The molecule has 1 aliphatic rings. The molecule has 0 heterocycles. The minimum absolute atomic E-state index is 0.209. The van der Waals surface area contributed by atoms with Crippen molar-refractivity contribution in [1.82, 2.24) is 0 Å². The van der Waals surface area contributed by atoms with Crippen LogP contribution in [0, 0.1) is 0 Å². The van der Waals surface area contributed by atoms with Crippen LogP contribution in [0.4, 0.5) is 0 Å². The fourth-order valence-electron chi connectivity index (χ4n) is 2.30. The van der Waals surface area contributed by atoms with E-state index in [0.29, 0.717) is 0 Å². The first-order valence-corrected chi connectivity index (χ1v) is 6.81. The quantitative estimate of drug-likeness (QED) is 0.695. The van der Waals surface area contributed by atoms with Crippen LogP contribution in [0.3, 0.4) is 0 Å². The summed E-state index contributed by atoms with van der Waals surface area (Å²) in [6.45, 7) is 4.20. The van der Waals surface area contributed by atoms with Crippen LogP contribution < -0.4 is 0 Å². The molecule has 0 amide bonds. The van der Waals surface area contributed by atoms with E-state index >= 15 is 0 Å². The first-order chi connectivity index (χ1) is 8.75. The van der Waals surface area contributed by atoms with Gasteiger partial charge in [0.2, 0.25) is 0 Å². The van der Waals surface area contributed by atoms with Crippen LogP contribution in [0.5, 0.6) is 0 Å². The normalized spacial score (nSPS) is 16.1. The van der Waals surface area contributed by atoms with E-state index in [1.54, 1.807) is 0 Å². The lowest BCUT2D eigenvalue weighted by atomic mass is 10.0. The van der Waals surface area contributed by atoms with Gasteiger partial charge in [0.05, 0.1) is 12.2 Å². The Morgan fingerprint density at radius 3 is 2.56 bits per heavy atom. The topological polar surface area (TPSA) is 9.23 Å². The van der Waals surface area contributed by atoms with Crippen molar-refractivity contribution in [3.05, 3.63) is 59.7 Å². The molecule has 2 rings (SSSR count). The zero-order valence-corrected chi connectivity index (χ0v) is 11.3. The van der Waals surface area contributed by atoms with Gasteiger partial charge in [-0.3, -0.25) is 0 Å². The van der Waals surface area contributed by atoms with E-state index < -0.39 is 0 Å². The third kappa shape index (κ3) is 3.85. The SMILES string of the molecule is CC(C)OC(CCC1=CCC=C1)c1ccccc1. The third-order valence-corrected chi connectivity index (χ3v) is 3.15. The molecule has 1 unspecified atom stereocenters. The molecule has 1 heteroatoms. The maximum Gasteiger partial charge on any atom is 0.0831 e. The van der Waals surface area contributed by atoms with Gasteiger partial charge in [-0.05, 0) is 38.7 Å². The van der Waals surface area contributed by atoms with Crippen LogP contribution in [0.2, 0.25) is 0 Å². The first kappa shape index (κ1) is 13.1. The van der Waals surface area contributed by atoms with Crippen molar-refractivity contribution in [3.63, 3.8) is 0 Å². The summed E-state index contributed by atoms with van der Waals surface area (Å²) in [5.74, 6) is 0. The Bertz CT molecular complexity index is 414. The Morgan fingerprint density at radius 1 is 1.17 bits per heavy atom.